The fourth-order valence-electron chi connectivity index (χ4n) is 3.37. The highest BCUT2D eigenvalue weighted by molar-refractivity contribution is 5.78. The highest BCUT2D eigenvalue weighted by Crippen LogP contribution is 2.36. The molecule has 2 heteroatoms. The lowest BCUT2D eigenvalue weighted by Crippen LogP contribution is -2.33. The third-order valence-corrected chi connectivity index (χ3v) is 4.45. The quantitative estimate of drug-likeness (QED) is 0.866. The topological polar surface area (TPSA) is 25.2 Å². The summed E-state index contributed by atoms with van der Waals surface area (Å²) >= 11 is 0. The van der Waals surface area contributed by atoms with E-state index in [0.717, 1.165) is 12.1 Å². The summed E-state index contributed by atoms with van der Waals surface area (Å²) in [5.74, 6) is 1.78. The maximum Gasteiger partial charge on any atom is 0.134 e. The third-order valence-electron chi connectivity index (χ3n) is 4.45. The van der Waals surface area contributed by atoms with Crippen LogP contribution in [0.5, 0.6) is 0 Å². The van der Waals surface area contributed by atoms with Crippen LogP contribution in [0, 0.1) is 6.92 Å². The van der Waals surface area contributed by atoms with Gasteiger partial charge in [0, 0.05) is 17.3 Å². The van der Waals surface area contributed by atoms with Crippen molar-refractivity contribution in [1.82, 2.24) is 5.32 Å². The van der Waals surface area contributed by atoms with Gasteiger partial charge in [-0.1, -0.05) is 25.0 Å². The molecule has 2 nitrogen and oxygen atoms in total. The lowest BCUT2D eigenvalue weighted by molar-refractivity contribution is 0.314. The number of furan rings is 1. The predicted octanol–water partition coefficient (Wildman–Crippen LogP) is 4.77. The minimum Gasteiger partial charge on any atom is -0.461 e. The monoisotopic (exact) mass is 271 g/mol. The standard InChI is InChI=1S/C18H25NO/c1-3-9-19-16-6-4-5-14(11-16)18-12-15-10-13(2)7-8-17(15)20-18/h7-8,10,12,14,16,19H,3-6,9,11H2,1-2H3. The van der Waals surface area contributed by atoms with E-state index in [1.54, 1.807) is 0 Å². The molecule has 1 N–H and O–H groups in total. The Labute approximate surface area is 121 Å². The van der Waals surface area contributed by atoms with Crippen molar-refractivity contribution in [1.29, 1.82) is 0 Å². The number of hydrogen-bond acceptors (Lipinski definition) is 2. The summed E-state index contributed by atoms with van der Waals surface area (Å²) in [6, 6.07) is 9.38. The molecule has 1 heterocycles. The van der Waals surface area contributed by atoms with Gasteiger partial charge in [0.25, 0.3) is 0 Å². The zero-order valence-corrected chi connectivity index (χ0v) is 12.6. The summed E-state index contributed by atoms with van der Waals surface area (Å²) in [6.07, 6.45) is 6.32. The predicted molar refractivity (Wildman–Crippen MR) is 84.2 cm³/mol. The summed E-state index contributed by atoms with van der Waals surface area (Å²) in [6.45, 7) is 5.50. The molecule has 0 spiro atoms. The van der Waals surface area contributed by atoms with E-state index >= 15 is 0 Å². The molecule has 0 saturated heterocycles. The second kappa shape index (κ2) is 6.01. The minimum absolute atomic E-state index is 0.589. The number of benzene rings is 1. The summed E-state index contributed by atoms with van der Waals surface area (Å²) < 4.78 is 6.09. The van der Waals surface area contributed by atoms with Gasteiger partial charge in [-0.25, -0.2) is 0 Å². The highest BCUT2D eigenvalue weighted by Gasteiger charge is 2.25. The second-order valence-corrected chi connectivity index (χ2v) is 6.20. The minimum atomic E-state index is 0.589. The van der Waals surface area contributed by atoms with Crippen molar-refractivity contribution in [2.75, 3.05) is 6.54 Å². The molecule has 2 atom stereocenters. The Bertz CT molecular complexity index is 572. The molecule has 1 aromatic heterocycles. The molecule has 1 aromatic carbocycles. The molecule has 2 unspecified atom stereocenters. The SMILES string of the molecule is CCCNC1CCCC(c2cc3cc(C)ccc3o2)C1. The van der Waals surface area contributed by atoms with E-state index in [4.69, 9.17) is 4.42 Å². The van der Waals surface area contributed by atoms with E-state index < -0.39 is 0 Å². The lowest BCUT2D eigenvalue weighted by atomic mass is 9.84. The summed E-state index contributed by atoms with van der Waals surface area (Å²) in [5.41, 5.74) is 2.34. The maximum absolute atomic E-state index is 6.09. The van der Waals surface area contributed by atoms with Gasteiger partial charge in [-0.05, 0) is 57.4 Å². The first-order valence-corrected chi connectivity index (χ1v) is 7.99. The normalized spacial score (nSPS) is 23.3. The van der Waals surface area contributed by atoms with Crippen molar-refractivity contribution in [2.45, 2.75) is 57.9 Å². The van der Waals surface area contributed by atoms with Gasteiger partial charge in [0.1, 0.15) is 11.3 Å². The van der Waals surface area contributed by atoms with E-state index in [1.165, 1.54) is 48.8 Å². The number of rotatable bonds is 4. The van der Waals surface area contributed by atoms with Gasteiger partial charge in [-0.15, -0.1) is 0 Å². The highest BCUT2D eigenvalue weighted by atomic mass is 16.3. The molecule has 0 bridgehead atoms. The molecule has 1 fully saturated rings. The van der Waals surface area contributed by atoms with Crippen LogP contribution in [0.1, 0.15) is 56.3 Å². The average molecular weight is 271 g/mol. The van der Waals surface area contributed by atoms with Crippen LogP contribution in [-0.4, -0.2) is 12.6 Å². The molecule has 2 aromatic rings. The molecular formula is C18H25NO. The van der Waals surface area contributed by atoms with Crippen molar-refractivity contribution < 1.29 is 4.42 Å². The first-order chi connectivity index (χ1) is 9.76. The van der Waals surface area contributed by atoms with Crippen molar-refractivity contribution in [3.63, 3.8) is 0 Å². The lowest BCUT2D eigenvalue weighted by Gasteiger charge is -2.28. The van der Waals surface area contributed by atoms with E-state index in [2.05, 4.69) is 43.4 Å². The molecule has 0 radical (unpaired) electrons. The van der Waals surface area contributed by atoms with Gasteiger partial charge in [0.15, 0.2) is 0 Å². The molecule has 1 aliphatic rings. The fraction of sp³-hybridized carbons (Fsp3) is 0.556. The Morgan fingerprint density at radius 3 is 3.00 bits per heavy atom. The fourth-order valence-corrected chi connectivity index (χ4v) is 3.37. The van der Waals surface area contributed by atoms with Crippen LogP contribution in [0.2, 0.25) is 0 Å². The molecular weight excluding hydrogens is 246 g/mol. The Balaban J connectivity index is 1.76. The smallest absolute Gasteiger partial charge is 0.134 e. The first kappa shape index (κ1) is 13.7. The number of hydrogen-bond donors (Lipinski definition) is 1. The Hall–Kier alpha value is -1.28. The zero-order valence-electron chi connectivity index (χ0n) is 12.6. The van der Waals surface area contributed by atoms with E-state index in [1.807, 2.05) is 0 Å². The van der Waals surface area contributed by atoms with E-state index in [-0.39, 0.29) is 0 Å². The number of fused-ring (bicyclic) bond motifs is 1. The van der Waals surface area contributed by atoms with Crippen LogP contribution in [-0.2, 0) is 0 Å². The molecule has 20 heavy (non-hydrogen) atoms. The average Bonchev–Trinajstić information content (AvgIpc) is 2.88. The molecule has 108 valence electrons. The van der Waals surface area contributed by atoms with Gasteiger partial charge in [-0.3, -0.25) is 0 Å². The van der Waals surface area contributed by atoms with Crippen molar-refractivity contribution in [3.05, 3.63) is 35.6 Å². The van der Waals surface area contributed by atoms with Crippen LogP contribution in [0.4, 0.5) is 0 Å². The summed E-state index contributed by atoms with van der Waals surface area (Å²) in [4.78, 5) is 0. The third kappa shape index (κ3) is 2.90. The van der Waals surface area contributed by atoms with Gasteiger partial charge < -0.3 is 9.73 Å². The van der Waals surface area contributed by atoms with Crippen LogP contribution in [0.3, 0.4) is 0 Å². The summed E-state index contributed by atoms with van der Waals surface area (Å²) in [5, 5.41) is 4.93. The van der Waals surface area contributed by atoms with Gasteiger partial charge in [0.2, 0.25) is 0 Å². The Morgan fingerprint density at radius 1 is 1.25 bits per heavy atom. The van der Waals surface area contributed by atoms with E-state index in [0.29, 0.717) is 12.0 Å². The van der Waals surface area contributed by atoms with Gasteiger partial charge >= 0.3 is 0 Å². The zero-order chi connectivity index (χ0) is 13.9. The number of nitrogens with one attached hydrogen (secondary N) is 1. The molecule has 1 saturated carbocycles. The molecule has 1 aliphatic carbocycles. The molecule has 0 amide bonds. The summed E-state index contributed by atoms with van der Waals surface area (Å²) in [7, 11) is 0. The van der Waals surface area contributed by atoms with Crippen molar-refractivity contribution in [3.8, 4) is 0 Å². The van der Waals surface area contributed by atoms with Crippen molar-refractivity contribution >= 4 is 11.0 Å². The van der Waals surface area contributed by atoms with Crippen LogP contribution < -0.4 is 5.32 Å². The van der Waals surface area contributed by atoms with Gasteiger partial charge in [-0.2, -0.15) is 0 Å². The van der Waals surface area contributed by atoms with E-state index in [9.17, 15) is 0 Å². The Morgan fingerprint density at radius 2 is 2.15 bits per heavy atom. The second-order valence-electron chi connectivity index (χ2n) is 6.20. The Kier molecular flexibility index (Phi) is 4.11. The molecule has 0 aliphatic heterocycles. The van der Waals surface area contributed by atoms with Crippen molar-refractivity contribution in [2.24, 2.45) is 0 Å². The number of aryl methyl sites for hydroxylation is 1. The largest absolute Gasteiger partial charge is 0.461 e. The van der Waals surface area contributed by atoms with Gasteiger partial charge in [0.05, 0.1) is 0 Å². The molecule has 3 rings (SSSR count). The maximum atomic E-state index is 6.09. The first-order valence-electron chi connectivity index (χ1n) is 7.99. The van der Waals surface area contributed by atoms with Crippen LogP contribution >= 0.6 is 0 Å². The van der Waals surface area contributed by atoms with Crippen LogP contribution in [0.15, 0.2) is 28.7 Å². The van der Waals surface area contributed by atoms with Crippen LogP contribution in [0.25, 0.3) is 11.0 Å².